The highest BCUT2D eigenvalue weighted by Crippen LogP contribution is 2.25. The molecule has 1 rings (SSSR count). The average Bonchev–Trinajstić information content (AvgIpc) is 2.14. The zero-order valence-corrected chi connectivity index (χ0v) is 12.1. The number of halogens is 1. The van der Waals surface area contributed by atoms with E-state index in [1.165, 1.54) is 18.2 Å². The summed E-state index contributed by atoms with van der Waals surface area (Å²) >= 11 is 3.23. The van der Waals surface area contributed by atoms with Crippen molar-refractivity contribution in [1.82, 2.24) is 4.72 Å². The fraction of sp³-hybridized carbons (Fsp3) is 0.400. The van der Waals surface area contributed by atoms with E-state index in [1.54, 1.807) is 0 Å². The van der Waals surface area contributed by atoms with E-state index < -0.39 is 15.9 Å². The van der Waals surface area contributed by atoms with E-state index in [0.29, 0.717) is 9.37 Å². The molecule has 5 nitrogen and oxygen atoms in total. The summed E-state index contributed by atoms with van der Waals surface area (Å²) in [5.41, 5.74) is -0.415. The summed E-state index contributed by atoms with van der Waals surface area (Å²) in [7, 11) is -1.49. The highest BCUT2D eigenvalue weighted by Gasteiger charge is 2.19. The minimum absolute atomic E-state index is 0.0766. The SMILES string of the molecule is CC(C)(C)NS(=O)c1cc([N+](=O)[O-])ccc1Br. The summed E-state index contributed by atoms with van der Waals surface area (Å²) in [6.07, 6.45) is 0. The fourth-order valence-corrected chi connectivity index (χ4v) is 2.91. The molecule has 1 unspecified atom stereocenters. The molecule has 0 aliphatic heterocycles. The highest BCUT2D eigenvalue weighted by molar-refractivity contribution is 9.10. The van der Waals surface area contributed by atoms with Crippen LogP contribution in [0.1, 0.15) is 20.8 Å². The van der Waals surface area contributed by atoms with Gasteiger partial charge in [-0.15, -0.1) is 0 Å². The molecule has 0 radical (unpaired) electrons. The Morgan fingerprint density at radius 3 is 2.47 bits per heavy atom. The number of benzene rings is 1. The van der Waals surface area contributed by atoms with Gasteiger partial charge in [0.1, 0.15) is 11.0 Å². The predicted octanol–water partition coefficient (Wildman–Crippen LogP) is 2.77. The number of nitrogens with zero attached hydrogens (tertiary/aromatic N) is 1. The molecule has 0 aliphatic carbocycles. The smallest absolute Gasteiger partial charge is 0.258 e. The zero-order chi connectivity index (χ0) is 13.2. The van der Waals surface area contributed by atoms with Gasteiger partial charge in [-0.3, -0.25) is 10.1 Å². The van der Waals surface area contributed by atoms with Gasteiger partial charge in [0.15, 0.2) is 0 Å². The average molecular weight is 321 g/mol. The van der Waals surface area contributed by atoms with Crippen molar-refractivity contribution in [2.75, 3.05) is 0 Å². The maximum atomic E-state index is 12.0. The van der Waals surface area contributed by atoms with Gasteiger partial charge >= 0.3 is 0 Å². The third-order valence-electron chi connectivity index (χ3n) is 1.72. The van der Waals surface area contributed by atoms with E-state index in [4.69, 9.17) is 0 Å². The van der Waals surface area contributed by atoms with Crippen LogP contribution in [-0.2, 0) is 11.0 Å². The van der Waals surface area contributed by atoms with Gasteiger partial charge in [-0.25, -0.2) is 8.93 Å². The molecular formula is C10H13BrN2O3S. The minimum Gasteiger partial charge on any atom is -0.258 e. The molecule has 0 saturated carbocycles. The molecule has 17 heavy (non-hydrogen) atoms. The van der Waals surface area contributed by atoms with Gasteiger partial charge in [0.2, 0.25) is 0 Å². The number of rotatable bonds is 3. The van der Waals surface area contributed by atoms with Crippen LogP contribution in [0.2, 0.25) is 0 Å². The van der Waals surface area contributed by atoms with E-state index in [9.17, 15) is 14.3 Å². The summed E-state index contributed by atoms with van der Waals surface area (Å²) in [4.78, 5) is 10.5. The lowest BCUT2D eigenvalue weighted by Crippen LogP contribution is -2.37. The fourth-order valence-electron chi connectivity index (χ4n) is 1.08. The summed E-state index contributed by atoms with van der Waals surface area (Å²) in [6, 6.07) is 4.19. The highest BCUT2D eigenvalue weighted by atomic mass is 79.9. The molecule has 0 amide bonds. The molecule has 1 aromatic rings. The molecule has 0 saturated heterocycles. The van der Waals surface area contributed by atoms with E-state index in [2.05, 4.69) is 20.7 Å². The Morgan fingerprint density at radius 1 is 1.41 bits per heavy atom. The van der Waals surface area contributed by atoms with Crippen LogP contribution in [0, 0.1) is 10.1 Å². The Morgan fingerprint density at radius 2 is 2.00 bits per heavy atom. The van der Waals surface area contributed by atoms with Crippen LogP contribution in [-0.4, -0.2) is 14.7 Å². The van der Waals surface area contributed by atoms with E-state index >= 15 is 0 Å². The molecule has 1 N–H and O–H groups in total. The van der Waals surface area contributed by atoms with Crippen molar-refractivity contribution in [1.29, 1.82) is 0 Å². The number of non-ortho nitro benzene ring substituents is 1. The minimum atomic E-state index is -1.49. The molecule has 0 bridgehead atoms. The number of nitrogens with one attached hydrogen (secondary N) is 1. The first-order valence-electron chi connectivity index (χ1n) is 4.84. The second-order valence-corrected chi connectivity index (χ2v) is 6.53. The van der Waals surface area contributed by atoms with E-state index in [1.807, 2.05) is 20.8 Å². The van der Waals surface area contributed by atoms with Gasteiger partial charge in [-0.05, 0) is 42.8 Å². The number of hydrogen-bond donors (Lipinski definition) is 1. The molecule has 0 heterocycles. The Hall–Kier alpha value is -0.790. The lowest BCUT2D eigenvalue weighted by Gasteiger charge is -2.19. The summed E-state index contributed by atoms with van der Waals surface area (Å²) in [5, 5.41) is 10.6. The third-order valence-corrected chi connectivity index (χ3v) is 4.21. The molecule has 1 aromatic carbocycles. The Labute approximate surface area is 110 Å². The van der Waals surface area contributed by atoms with Crippen molar-refractivity contribution >= 4 is 32.6 Å². The summed E-state index contributed by atoms with van der Waals surface area (Å²) < 4.78 is 15.4. The Balaban J connectivity index is 3.08. The van der Waals surface area contributed by atoms with Crippen LogP contribution in [0.15, 0.2) is 27.6 Å². The van der Waals surface area contributed by atoms with Crippen LogP contribution in [0.25, 0.3) is 0 Å². The van der Waals surface area contributed by atoms with Crippen molar-refractivity contribution in [2.24, 2.45) is 0 Å². The maximum Gasteiger partial charge on any atom is 0.270 e. The van der Waals surface area contributed by atoms with Gasteiger partial charge in [0, 0.05) is 22.1 Å². The number of nitro benzene ring substituents is 1. The van der Waals surface area contributed by atoms with Crippen LogP contribution in [0.3, 0.4) is 0 Å². The van der Waals surface area contributed by atoms with Gasteiger partial charge < -0.3 is 0 Å². The first-order valence-corrected chi connectivity index (χ1v) is 6.78. The van der Waals surface area contributed by atoms with Crippen molar-refractivity contribution in [3.8, 4) is 0 Å². The van der Waals surface area contributed by atoms with Crippen LogP contribution in [0.5, 0.6) is 0 Å². The Bertz CT molecular complexity index is 471. The maximum absolute atomic E-state index is 12.0. The third kappa shape index (κ3) is 4.18. The van der Waals surface area contributed by atoms with Crippen molar-refractivity contribution in [3.63, 3.8) is 0 Å². The topological polar surface area (TPSA) is 72.2 Å². The molecular weight excluding hydrogens is 308 g/mol. The molecule has 1 atom stereocenters. The molecule has 0 spiro atoms. The normalized spacial score (nSPS) is 13.4. The standard InChI is InChI=1S/C10H13BrN2O3S/c1-10(2,3)12-17(16)9-6-7(13(14)15)4-5-8(9)11/h4-6,12H,1-3H3. The van der Waals surface area contributed by atoms with Crippen molar-refractivity contribution in [2.45, 2.75) is 31.2 Å². The van der Waals surface area contributed by atoms with Crippen molar-refractivity contribution in [3.05, 3.63) is 32.8 Å². The summed E-state index contributed by atoms with van der Waals surface area (Å²) in [5.74, 6) is 0. The lowest BCUT2D eigenvalue weighted by molar-refractivity contribution is -0.385. The van der Waals surface area contributed by atoms with E-state index in [0.717, 1.165) is 0 Å². The summed E-state index contributed by atoms with van der Waals surface area (Å²) in [6.45, 7) is 5.61. The van der Waals surface area contributed by atoms with Crippen LogP contribution < -0.4 is 4.72 Å². The van der Waals surface area contributed by atoms with Gasteiger partial charge in [0.05, 0.1) is 9.82 Å². The van der Waals surface area contributed by atoms with Gasteiger partial charge in [-0.1, -0.05) is 0 Å². The number of hydrogen-bond acceptors (Lipinski definition) is 3. The predicted molar refractivity (Wildman–Crippen MR) is 70.1 cm³/mol. The van der Waals surface area contributed by atoms with Gasteiger partial charge in [0.25, 0.3) is 5.69 Å². The first-order chi connectivity index (χ1) is 7.70. The van der Waals surface area contributed by atoms with E-state index in [-0.39, 0.29) is 11.2 Å². The molecule has 7 heteroatoms. The Kier molecular flexibility index (Phi) is 4.40. The largest absolute Gasteiger partial charge is 0.270 e. The second kappa shape index (κ2) is 5.24. The molecule has 0 aliphatic rings. The van der Waals surface area contributed by atoms with Crippen LogP contribution in [0.4, 0.5) is 5.69 Å². The molecule has 94 valence electrons. The second-order valence-electron chi connectivity index (χ2n) is 4.49. The van der Waals surface area contributed by atoms with Crippen molar-refractivity contribution < 1.29 is 9.13 Å². The van der Waals surface area contributed by atoms with Crippen LogP contribution >= 0.6 is 15.9 Å². The lowest BCUT2D eigenvalue weighted by atomic mass is 10.1. The molecule has 0 fully saturated rings. The van der Waals surface area contributed by atoms with Gasteiger partial charge in [-0.2, -0.15) is 0 Å². The number of nitro groups is 1. The molecule has 0 aromatic heterocycles. The quantitative estimate of drug-likeness (QED) is 0.687. The zero-order valence-electron chi connectivity index (χ0n) is 9.69. The first kappa shape index (κ1) is 14.3. The monoisotopic (exact) mass is 320 g/mol.